The molecule has 0 radical (unpaired) electrons. The monoisotopic (exact) mass is 462 g/mol. The van der Waals surface area contributed by atoms with E-state index in [0.717, 1.165) is 17.0 Å². The first-order valence-corrected chi connectivity index (χ1v) is 11.5. The molecule has 0 bridgehead atoms. The highest BCUT2D eigenvalue weighted by atomic mass is 35.5. The van der Waals surface area contributed by atoms with Crippen molar-refractivity contribution in [2.24, 2.45) is 4.99 Å². The third-order valence-corrected chi connectivity index (χ3v) is 6.27. The summed E-state index contributed by atoms with van der Waals surface area (Å²) in [6, 6.07) is 11.1. The van der Waals surface area contributed by atoms with Gasteiger partial charge in [-0.3, -0.25) is 9.69 Å². The first-order chi connectivity index (χ1) is 15.0. The molecule has 3 rings (SSSR count). The Hall–Kier alpha value is -2.38. The molecule has 0 saturated carbocycles. The zero-order valence-electron chi connectivity index (χ0n) is 18.2. The summed E-state index contributed by atoms with van der Waals surface area (Å²) in [4.78, 5) is 19.4. The summed E-state index contributed by atoms with van der Waals surface area (Å²) in [5.74, 6) is 2.02. The number of methoxy groups -OCH3 is 1. The maximum atomic E-state index is 13.0. The van der Waals surface area contributed by atoms with Crippen molar-refractivity contribution in [2.45, 2.75) is 32.4 Å². The van der Waals surface area contributed by atoms with Gasteiger partial charge in [-0.15, -0.1) is 0 Å². The number of amidine groups is 1. The summed E-state index contributed by atoms with van der Waals surface area (Å²) in [5.41, 5.74) is 1.62. The second-order valence-electron chi connectivity index (χ2n) is 6.74. The molecule has 166 valence electrons. The minimum atomic E-state index is -0.304. The van der Waals surface area contributed by atoms with E-state index in [0.29, 0.717) is 47.9 Å². The molecule has 2 aromatic rings. The molecule has 0 unspecified atom stereocenters. The second-order valence-corrected chi connectivity index (χ2v) is 8.32. The van der Waals surface area contributed by atoms with Crippen LogP contribution in [0.1, 0.15) is 26.3 Å². The largest absolute Gasteiger partial charge is 0.494 e. The average Bonchev–Trinajstić information content (AvgIpc) is 3.05. The number of carbonyl (C=O) groups is 1. The predicted octanol–water partition coefficient (Wildman–Crippen LogP) is 5.34. The lowest BCUT2D eigenvalue weighted by molar-refractivity contribution is -0.126. The minimum Gasteiger partial charge on any atom is -0.494 e. The molecule has 2 aromatic carbocycles. The molecular formula is C23H27ClN2O4S. The summed E-state index contributed by atoms with van der Waals surface area (Å²) in [6.07, 6.45) is 0.476. The molecule has 1 heterocycles. The first kappa shape index (κ1) is 23.3. The van der Waals surface area contributed by atoms with E-state index >= 15 is 0 Å². The van der Waals surface area contributed by atoms with Crippen molar-refractivity contribution in [1.82, 2.24) is 4.90 Å². The molecule has 1 aliphatic rings. The Morgan fingerprint density at radius 1 is 1.06 bits per heavy atom. The van der Waals surface area contributed by atoms with Gasteiger partial charge in [0.2, 0.25) is 5.91 Å². The van der Waals surface area contributed by atoms with E-state index < -0.39 is 0 Å². The maximum Gasteiger partial charge on any atom is 0.242 e. The summed E-state index contributed by atoms with van der Waals surface area (Å²) in [6.45, 7) is 7.47. The van der Waals surface area contributed by atoms with Crippen LogP contribution in [0, 0.1) is 0 Å². The van der Waals surface area contributed by atoms with Gasteiger partial charge in [-0.25, -0.2) is 4.99 Å². The van der Waals surface area contributed by atoms with Crippen molar-refractivity contribution in [2.75, 3.05) is 26.9 Å². The molecule has 8 heteroatoms. The highest BCUT2D eigenvalue weighted by Gasteiger charge is 2.37. The Kier molecular flexibility index (Phi) is 8.09. The van der Waals surface area contributed by atoms with Crippen LogP contribution >= 0.6 is 23.4 Å². The predicted molar refractivity (Wildman–Crippen MR) is 126 cm³/mol. The van der Waals surface area contributed by atoms with Gasteiger partial charge in [0.05, 0.1) is 31.3 Å². The van der Waals surface area contributed by atoms with E-state index in [1.54, 1.807) is 18.1 Å². The maximum absolute atomic E-state index is 13.0. The van der Waals surface area contributed by atoms with Gasteiger partial charge in [-0.1, -0.05) is 23.4 Å². The zero-order chi connectivity index (χ0) is 22.4. The Morgan fingerprint density at radius 3 is 2.39 bits per heavy atom. The van der Waals surface area contributed by atoms with E-state index in [1.165, 1.54) is 11.8 Å². The van der Waals surface area contributed by atoms with Crippen LogP contribution in [-0.2, 0) is 11.2 Å². The van der Waals surface area contributed by atoms with Crippen LogP contribution < -0.4 is 14.2 Å². The standard InChI is InChI=1S/C23H27ClN2O4S/c1-5-26-22(27)21(13-15-12-19(28-4)20(30-7-3)14-18(15)24)31-23(26)25-16-8-10-17(11-9-16)29-6-2/h8-12,14,21H,5-7,13H2,1-4H3/t21-/m1/s1. The average molecular weight is 463 g/mol. The topological polar surface area (TPSA) is 60.4 Å². The third-order valence-electron chi connectivity index (χ3n) is 4.75. The molecule has 1 fully saturated rings. The van der Waals surface area contributed by atoms with Gasteiger partial charge in [0.25, 0.3) is 0 Å². The van der Waals surface area contributed by atoms with Crippen LogP contribution in [0.2, 0.25) is 5.02 Å². The number of nitrogens with zero attached hydrogens (tertiary/aromatic N) is 2. The summed E-state index contributed by atoms with van der Waals surface area (Å²) in [5, 5.41) is 0.940. The number of thioether (sulfide) groups is 1. The molecule has 0 spiro atoms. The lowest BCUT2D eigenvalue weighted by Crippen LogP contribution is -2.32. The highest BCUT2D eigenvalue weighted by molar-refractivity contribution is 8.15. The number of rotatable bonds is 9. The van der Waals surface area contributed by atoms with Crippen molar-refractivity contribution in [3.8, 4) is 17.2 Å². The molecule has 1 aliphatic heterocycles. The lowest BCUT2D eigenvalue weighted by Gasteiger charge is -2.15. The van der Waals surface area contributed by atoms with Crippen molar-refractivity contribution < 1.29 is 19.0 Å². The Labute approximate surface area is 192 Å². The van der Waals surface area contributed by atoms with Crippen LogP contribution in [0.25, 0.3) is 0 Å². The molecule has 0 aromatic heterocycles. The Bertz CT molecular complexity index is 949. The number of aliphatic imine (C=N–C) groups is 1. The van der Waals surface area contributed by atoms with Crippen LogP contribution in [0.15, 0.2) is 41.4 Å². The number of amides is 1. The highest BCUT2D eigenvalue weighted by Crippen LogP contribution is 2.37. The molecule has 1 saturated heterocycles. The van der Waals surface area contributed by atoms with Gasteiger partial charge >= 0.3 is 0 Å². The molecule has 31 heavy (non-hydrogen) atoms. The van der Waals surface area contributed by atoms with Crippen molar-refractivity contribution >= 4 is 40.1 Å². The molecule has 1 atom stereocenters. The first-order valence-electron chi connectivity index (χ1n) is 10.3. The SMILES string of the molecule is CCOc1ccc(N=C2S[C@H](Cc3cc(OC)c(OCC)cc3Cl)C(=O)N2CC)cc1. The third kappa shape index (κ3) is 5.46. The molecule has 0 N–H and O–H groups in total. The van der Waals surface area contributed by atoms with Crippen molar-refractivity contribution in [3.63, 3.8) is 0 Å². The quantitative estimate of drug-likeness (QED) is 0.503. The number of hydrogen-bond acceptors (Lipinski definition) is 6. The van der Waals surface area contributed by atoms with Gasteiger partial charge in [-0.2, -0.15) is 0 Å². The second kappa shape index (κ2) is 10.8. The zero-order valence-corrected chi connectivity index (χ0v) is 19.8. The van der Waals surface area contributed by atoms with Gasteiger partial charge < -0.3 is 14.2 Å². The fraction of sp³-hybridized carbons (Fsp3) is 0.391. The Balaban J connectivity index is 1.81. The van der Waals surface area contributed by atoms with Gasteiger partial charge in [0.1, 0.15) is 5.75 Å². The number of halogens is 1. The number of benzene rings is 2. The fourth-order valence-corrected chi connectivity index (χ4v) is 4.75. The summed E-state index contributed by atoms with van der Waals surface area (Å²) >= 11 is 7.94. The van der Waals surface area contributed by atoms with E-state index in [1.807, 2.05) is 51.1 Å². The number of carbonyl (C=O) groups excluding carboxylic acids is 1. The summed E-state index contributed by atoms with van der Waals surface area (Å²) < 4.78 is 16.5. The van der Waals surface area contributed by atoms with Crippen molar-refractivity contribution in [3.05, 3.63) is 47.0 Å². The van der Waals surface area contributed by atoms with Crippen LogP contribution in [-0.4, -0.2) is 48.1 Å². The fourth-order valence-electron chi connectivity index (χ4n) is 3.27. The normalized spacial score (nSPS) is 17.3. The molecular weight excluding hydrogens is 436 g/mol. The van der Waals surface area contributed by atoms with Crippen LogP contribution in [0.5, 0.6) is 17.2 Å². The van der Waals surface area contributed by atoms with Crippen LogP contribution in [0.4, 0.5) is 5.69 Å². The molecule has 0 aliphatic carbocycles. The van der Waals surface area contributed by atoms with Crippen LogP contribution in [0.3, 0.4) is 0 Å². The van der Waals surface area contributed by atoms with E-state index in [9.17, 15) is 4.79 Å². The van der Waals surface area contributed by atoms with Crippen molar-refractivity contribution in [1.29, 1.82) is 0 Å². The van der Waals surface area contributed by atoms with E-state index in [2.05, 4.69) is 0 Å². The van der Waals surface area contributed by atoms with E-state index in [-0.39, 0.29) is 11.2 Å². The lowest BCUT2D eigenvalue weighted by atomic mass is 10.1. The number of hydrogen-bond donors (Lipinski definition) is 0. The minimum absolute atomic E-state index is 0.0288. The molecule has 1 amide bonds. The van der Waals surface area contributed by atoms with Gasteiger partial charge in [0, 0.05) is 17.6 Å². The van der Waals surface area contributed by atoms with Gasteiger partial charge in [0.15, 0.2) is 16.7 Å². The smallest absolute Gasteiger partial charge is 0.242 e. The Morgan fingerprint density at radius 2 is 1.77 bits per heavy atom. The number of ether oxygens (including phenoxy) is 3. The van der Waals surface area contributed by atoms with E-state index in [4.69, 9.17) is 30.8 Å². The molecule has 6 nitrogen and oxygen atoms in total. The van der Waals surface area contributed by atoms with Gasteiger partial charge in [-0.05, 0) is 63.1 Å². The summed E-state index contributed by atoms with van der Waals surface area (Å²) in [7, 11) is 1.59.